The second kappa shape index (κ2) is 3.94. The summed E-state index contributed by atoms with van der Waals surface area (Å²) in [5.74, 6) is -0.900. The maximum absolute atomic E-state index is 11.8. The number of halogens is 3. The molecule has 0 atom stereocenters. The molecule has 0 aliphatic carbocycles. The normalized spacial score (nSPS) is 11.4. The zero-order chi connectivity index (χ0) is 9.35. The number of aromatic nitrogens is 3. The number of aromatic amines is 1. The summed E-state index contributed by atoms with van der Waals surface area (Å²) in [7, 11) is -4.60. The van der Waals surface area contributed by atoms with E-state index in [1.807, 2.05) is 0 Å². The number of nitrogens with zero attached hydrogens (tertiary/aromatic N) is 2. The Morgan fingerprint density at radius 2 is 2.00 bits per heavy atom. The standard InChI is InChI=1S/C3H3F2N3O3S.ClH/c4-1(5)2-6-3(8-7-2)12(9,10)11;/h1H,(H,6,7,8)(H,9,10,11);1H. The van der Waals surface area contributed by atoms with Crippen LogP contribution in [0.15, 0.2) is 5.16 Å². The lowest BCUT2D eigenvalue weighted by Gasteiger charge is -1.87. The van der Waals surface area contributed by atoms with Crippen LogP contribution >= 0.6 is 12.4 Å². The van der Waals surface area contributed by atoms with E-state index in [4.69, 9.17) is 4.55 Å². The molecule has 1 aromatic heterocycles. The summed E-state index contributed by atoms with van der Waals surface area (Å²) < 4.78 is 52.3. The molecule has 76 valence electrons. The maximum Gasteiger partial charge on any atom is 0.332 e. The van der Waals surface area contributed by atoms with Crippen LogP contribution in [-0.2, 0) is 10.1 Å². The molecule has 10 heteroatoms. The minimum absolute atomic E-state index is 0. The van der Waals surface area contributed by atoms with Gasteiger partial charge in [0.1, 0.15) is 0 Å². The van der Waals surface area contributed by atoms with Gasteiger partial charge < -0.3 is 0 Å². The number of nitrogens with one attached hydrogen (secondary N) is 1. The van der Waals surface area contributed by atoms with E-state index in [1.54, 1.807) is 5.10 Å². The van der Waals surface area contributed by atoms with E-state index in [1.165, 1.54) is 0 Å². The number of hydrogen-bond donors (Lipinski definition) is 2. The smallest absolute Gasteiger partial charge is 0.279 e. The van der Waals surface area contributed by atoms with Crippen LogP contribution < -0.4 is 0 Å². The average Bonchev–Trinajstić information content (AvgIpc) is 2.30. The molecule has 0 saturated carbocycles. The Morgan fingerprint density at radius 1 is 1.46 bits per heavy atom. The van der Waals surface area contributed by atoms with Crippen LogP contribution in [0.25, 0.3) is 0 Å². The molecule has 0 aromatic carbocycles. The molecule has 0 spiro atoms. The highest BCUT2D eigenvalue weighted by atomic mass is 35.5. The van der Waals surface area contributed by atoms with Crippen molar-refractivity contribution in [2.24, 2.45) is 0 Å². The first-order valence-electron chi connectivity index (χ1n) is 2.59. The Balaban J connectivity index is 0.00000144. The van der Waals surface area contributed by atoms with Crippen molar-refractivity contribution in [2.75, 3.05) is 0 Å². The van der Waals surface area contributed by atoms with Gasteiger partial charge in [-0.15, -0.1) is 17.5 Å². The largest absolute Gasteiger partial charge is 0.332 e. The SMILES string of the molecule is Cl.O=S(=O)(O)c1n[nH]c(C(F)F)n1. The second-order valence-electron chi connectivity index (χ2n) is 1.78. The minimum Gasteiger partial charge on any atom is -0.279 e. The van der Waals surface area contributed by atoms with Crippen LogP contribution in [-0.4, -0.2) is 28.2 Å². The molecule has 0 saturated heterocycles. The van der Waals surface area contributed by atoms with Crippen LogP contribution in [0.4, 0.5) is 8.78 Å². The first-order valence-corrected chi connectivity index (χ1v) is 4.03. The summed E-state index contributed by atoms with van der Waals surface area (Å²) in [4.78, 5) is 2.83. The van der Waals surface area contributed by atoms with Gasteiger partial charge in [-0.25, -0.2) is 8.78 Å². The maximum atomic E-state index is 11.8. The first kappa shape index (κ1) is 12.2. The van der Waals surface area contributed by atoms with Gasteiger partial charge in [-0.1, -0.05) is 0 Å². The fraction of sp³-hybridized carbons (Fsp3) is 0.333. The van der Waals surface area contributed by atoms with Crippen molar-refractivity contribution in [2.45, 2.75) is 11.6 Å². The predicted molar refractivity (Wildman–Crippen MR) is 38.4 cm³/mol. The topological polar surface area (TPSA) is 95.9 Å². The van der Waals surface area contributed by atoms with Crippen molar-refractivity contribution >= 4 is 22.5 Å². The second-order valence-corrected chi connectivity index (χ2v) is 3.09. The predicted octanol–water partition coefficient (Wildman–Crippen LogP) is 0.411. The van der Waals surface area contributed by atoms with E-state index in [2.05, 4.69) is 10.1 Å². The zero-order valence-corrected chi connectivity index (χ0v) is 7.44. The van der Waals surface area contributed by atoms with Crippen LogP contribution in [0.1, 0.15) is 12.2 Å². The lowest BCUT2D eigenvalue weighted by molar-refractivity contribution is 0.140. The summed E-state index contributed by atoms with van der Waals surface area (Å²) in [6.07, 6.45) is -2.95. The average molecular weight is 236 g/mol. The Morgan fingerprint density at radius 3 is 2.23 bits per heavy atom. The number of rotatable bonds is 2. The molecule has 1 heterocycles. The van der Waals surface area contributed by atoms with Gasteiger partial charge in [0.15, 0.2) is 5.82 Å². The highest BCUT2D eigenvalue weighted by molar-refractivity contribution is 7.85. The van der Waals surface area contributed by atoms with Gasteiger partial charge in [-0.2, -0.15) is 13.4 Å². The highest BCUT2D eigenvalue weighted by Crippen LogP contribution is 2.14. The number of hydrogen-bond acceptors (Lipinski definition) is 4. The minimum atomic E-state index is -4.60. The highest BCUT2D eigenvalue weighted by Gasteiger charge is 2.20. The van der Waals surface area contributed by atoms with Crippen molar-refractivity contribution in [3.63, 3.8) is 0 Å². The van der Waals surface area contributed by atoms with Crippen LogP contribution in [0.3, 0.4) is 0 Å². The molecule has 0 amide bonds. The molecule has 1 aromatic rings. The third kappa shape index (κ3) is 2.86. The summed E-state index contributed by atoms with van der Waals surface area (Å²) in [6, 6.07) is 0. The molecule has 2 N–H and O–H groups in total. The zero-order valence-electron chi connectivity index (χ0n) is 5.81. The number of alkyl halides is 2. The quantitative estimate of drug-likeness (QED) is 0.724. The Bertz CT molecular complexity index is 377. The van der Waals surface area contributed by atoms with E-state index in [0.29, 0.717) is 0 Å². The van der Waals surface area contributed by atoms with E-state index < -0.39 is 27.5 Å². The Hall–Kier alpha value is -0.800. The van der Waals surface area contributed by atoms with Crippen molar-refractivity contribution in [1.82, 2.24) is 15.2 Å². The third-order valence-electron chi connectivity index (χ3n) is 0.920. The molecule has 0 aliphatic heterocycles. The van der Waals surface area contributed by atoms with E-state index in [9.17, 15) is 17.2 Å². The monoisotopic (exact) mass is 235 g/mol. The molecule has 6 nitrogen and oxygen atoms in total. The molecule has 0 aliphatic rings. The van der Waals surface area contributed by atoms with Crippen molar-refractivity contribution < 1.29 is 21.8 Å². The summed E-state index contributed by atoms with van der Waals surface area (Å²) in [5, 5.41) is 3.46. The summed E-state index contributed by atoms with van der Waals surface area (Å²) >= 11 is 0. The number of H-pyrrole nitrogens is 1. The Labute approximate surface area is 77.5 Å². The molecular weight excluding hydrogens is 232 g/mol. The van der Waals surface area contributed by atoms with Crippen LogP contribution in [0, 0.1) is 0 Å². The first-order chi connectivity index (χ1) is 5.41. The van der Waals surface area contributed by atoms with Crippen molar-refractivity contribution in [3.8, 4) is 0 Å². The van der Waals surface area contributed by atoms with Crippen LogP contribution in [0.2, 0.25) is 0 Å². The third-order valence-corrected chi connectivity index (χ3v) is 1.56. The van der Waals surface area contributed by atoms with Gasteiger partial charge in [-0.05, 0) is 0 Å². The Kier molecular flexibility index (Phi) is 3.70. The lowest BCUT2D eigenvalue weighted by Crippen LogP contribution is -2.00. The van der Waals surface area contributed by atoms with Crippen LogP contribution in [0.5, 0.6) is 0 Å². The molecule has 1 rings (SSSR count). The van der Waals surface area contributed by atoms with Crippen molar-refractivity contribution in [3.05, 3.63) is 5.82 Å². The molecular formula is C3H4ClF2N3O3S. The fourth-order valence-electron chi connectivity index (χ4n) is 0.471. The van der Waals surface area contributed by atoms with Gasteiger partial charge in [0.25, 0.3) is 11.6 Å². The van der Waals surface area contributed by atoms with Gasteiger partial charge in [-0.3, -0.25) is 9.65 Å². The van der Waals surface area contributed by atoms with Crippen molar-refractivity contribution in [1.29, 1.82) is 0 Å². The molecule has 13 heavy (non-hydrogen) atoms. The summed E-state index contributed by atoms with van der Waals surface area (Å²) in [6.45, 7) is 0. The molecule has 0 unspecified atom stereocenters. The van der Waals surface area contributed by atoms with E-state index >= 15 is 0 Å². The molecule has 0 radical (unpaired) electrons. The summed E-state index contributed by atoms with van der Waals surface area (Å²) in [5.41, 5.74) is 0. The fourth-order valence-corrected chi connectivity index (χ4v) is 0.846. The van der Waals surface area contributed by atoms with Gasteiger partial charge in [0, 0.05) is 0 Å². The molecule has 0 bridgehead atoms. The van der Waals surface area contributed by atoms with Gasteiger partial charge >= 0.3 is 10.1 Å². The van der Waals surface area contributed by atoms with Gasteiger partial charge in [0.2, 0.25) is 0 Å². The van der Waals surface area contributed by atoms with E-state index in [0.717, 1.165) is 0 Å². The van der Waals surface area contributed by atoms with E-state index in [-0.39, 0.29) is 12.4 Å². The molecule has 0 fully saturated rings. The van der Waals surface area contributed by atoms with Gasteiger partial charge in [0.05, 0.1) is 0 Å². The lowest BCUT2D eigenvalue weighted by atomic mass is 10.7.